The number of esters is 1. The molecule has 1 aliphatic heterocycles. The molecule has 0 bridgehead atoms. The molecule has 0 spiro atoms. The molecule has 0 saturated carbocycles. The van der Waals surface area contributed by atoms with Crippen LogP contribution in [0.25, 0.3) is 0 Å². The van der Waals surface area contributed by atoms with E-state index in [4.69, 9.17) is 4.74 Å². The van der Waals surface area contributed by atoms with Gasteiger partial charge in [-0.05, 0) is 37.8 Å². The number of rotatable bonds is 6. The lowest BCUT2D eigenvalue weighted by Gasteiger charge is -2.30. The second-order valence-corrected chi connectivity index (χ2v) is 5.53. The summed E-state index contributed by atoms with van der Waals surface area (Å²) in [6.07, 6.45) is 6.92. The lowest BCUT2D eigenvalue weighted by atomic mass is 9.98. The summed E-state index contributed by atoms with van der Waals surface area (Å²) in [5.74, 6) is 0.287. The first-order chi connectivity index (χ1) is 10.2. The summed E-state index contributed by atoms with van der Waals surface area (Å²) in [5.41, 5.74) is 1.30. The van der Waals surface area contributed by atoms with Crippen LogP contribution in [0.15, 0.2) is 42.5 Å². The van der Waals surface area contributed by atoms with E-state index in [1.54, 1.807) is 0 Å². The molecular weight excluding hydrogens is 262 g/mol. The molecule has 0 aromatic heterocycles. The number of anilines is 1. The molecule has 2 rings (SSSR count). The molecule has 3 heteroatoms. The van der Waals surface area contributed by atoms with Gasteiger partial charge in [-0.1, -0.05) is 37.3 Å². The Morgan fingerprint density at radius 3 is 2.90 bits per heavy atom. The summed E-state index contributed by atoms with van der Waals surface area (Å²) >= 11 is 0. The maximum absolute atomic E-state index is 11.3. The smallest absolute Gasteiger partial charge is 0.309 e. The molecule has 1 heterocycles. The molecule has 1 aromatic carbocycles. The molecule has 1 aromatic rings. The van der Waals surface area contributed by atoms with Crippen LogP contribution in [0, 0.1) is 5.92 Å². The summed E-state index contributed by atoms with van der Waals surface area (Å²) in [7, 11) is 0. The monoisotopic (exact) mass is 287 g/mol. The molecule has 1 aliphatic rings. The van der Waals surface area contributed by atoms with Gasteiger partial charge in [0.25, 0.3) is 0 Å². The van der Waals surface area contributed by atoms with Crippen molar-refractivity contribution in [2.24, 2.45) is 5.92 Å². The Morgan fingerprint density at radius 1 is 1.43 bits per heavy atom. The number of hydrogen-bond donors (Lipinski definition) is 0. The van der Waals surface area contributed by atoms with Crippen molar-refractivity contribution in [1.82, 2.24) is 0 Å². The molecule has 2 unspecified atom stereocenters. The van der Waals surface area contributed by atoms with Crippen molar-refractivity contribution in [3.05, 3.63) is 42.5 Å². The molecule has 1 saturated heterocycles. The van der Waals surface area contributed by atoms with Gasteiger partial charge in [-0.2, -0.15) is 0 Å². The van der Waals surface area contributed by atoms with Crippen molar-refractivity contribution < 1.29 is 9.53 Å². The average molecular weight is 287 g/mol. The lowest BCUT2D eigenvalue weighted by molar-refractivity contribution is -0.142. The second kappa shape index (κ2) is 7.87. The number of nitrogens with zero attached hydrogens (tertiary/aromatic N) is 1. The quantitative estimate of drug-likeness (QED) is 0.589. The Morgan fingerprint density at radius 2 is 2.19 bits per heavy atom. The molecule has 0 N–H and O–H groups in total. The molecule has 3 nitrogen and oxygen atoms in total. The summed E-state index contributed by atoms with van der Waals surface area (Å²) in [6.45, 7) is 5.63. The maximum atomic E-state index is 11.3. The molecule has 0 amide bonds. The highest BCUT2D eigenvalue weighted by Gasteiger charge is 2.27. The first-order valence-corrected chi connectivity index (χ1v) is 7.86. The highest BCUT2D eigenvalue weighted by Crippen LogP contribution is 2.30. The van der Waals surface area contributed by atoms with Gasteiger partial charge in [0.05, 0.1) is 13.0 Å². The molecule has 0 aliphatic carbocycles. The minimum absolute atomic E-state index is 0.146. The fourth-order valence-electron chi connectivity index (χ4n) is 3.01. The fourth-order valence-corrected chi connectivity index (χ4v) is 3.01. The van der Waals surface area contributed by atoms with Crippen molar-refractivity contribution in [1.29, 1.82) is 0 Å². The molecule has 0 radical (unpaired) electrons. The van der Waals surface area contributed by atoms with E-state index in [2.05, 4.69) is 48.2 Å². The Balaban J connectivity index is 1.93. The van der Waals surface area contributed by atoms with Gasteiger partial charge in [-0.3, -0.25) is 4.79 Å². The zero-order valence-corrected chi connectivity index (χ0v) is 13.0. The van der Waals surface area contributed by atoms with E-state index >= 15 is 0 Å². The Bertz CT molecular complexity index is 469. The number of para-hydroxylation sites is 1. The summed E-state index contributed by atoms with van der Waals surface area (Å²) in [4.78, 5) is 13.8. The van der Waals surface area contributed by atoms with E-state index in [-0.39, 0.29) is 5.97 Å². The zero-order valence-electron chi connectivity index (χ0n) is 13.0. The Kier molecular flexibility index (Phi) is 5.85. The van der Waals surface area contributed by atoms with Gasteiger partial charge in [0.15, 0.2) is 0 Å². The number of carbonyl (C=O) groups excluding carboxylic acids is 1. The standard InChI is InChI=1S/C18H25NO2/c1-3-21-18(20)13-7-9-15(2)17-12-8-14-19(17)16-10-5-4-6-11-16/h4-7,9-11,15,17H,3,8,12-14H2,1-2H3/b9-7+. The summed E-state index contributed by atoms with van der Waals surface area (Å²) in [5, 5.41) is 0. The third-order valence-electron chi connectivity index (χ3n) is 4.02. The van der Waals surface area contributed by atoms with Crippen molar-refractivity contribution in [2.75, 3.05) is 18.1 Å². The van der Waals surface area contributed by atoms with Crippen molar-refractivity contribution >= 4 is 11.7 Å². The van der Waals surface area contributed by atoms with E-state index in [0.717, 1.165) is 6.54 Å². The lowest BCUT2D eigenvalue weighted by Crippen LogP contribution is -2.33. The SMILES string of the molecule is CCOC(=O)C/C=C/C(C)C1CCCN1c1ccccc1. The topological polar surface area (TPSA) is 29.5 Å². The highest BCUT2D eigenvalue weighted by molar-refractivity contribution is 5.71. The van der Waals surface area contributed by atoms with Crippen LogP contribution in [0.1, 0.15) is 33.1 Å². The van der Waals surface area contributed by atoms with E-state index in [1.807, 2.05) is 13.0 Å². The van der Waals surface area contributed by atoms with Gasteiger partial charge in [0.2, 0.25) is 0 Å². The van der Waals surface area contributed by atoms with E-state index in [0.29, 0.717) is 25.0 Å². The third kappa shape index (κ3) is 4.35. The predicted octanol–water partition coefficient (Wildman–Crippen LogP) is 3.80. The van der Waals surface area contributed by atoms with Crippen LogP contribution < -0.4 is 4.90 Å². The molecule has 114 valence electrons. The normalized spacial score (nSPS) is 19.9. The van der Waals surface area contributed by atoms with Crippen LogP contribution in [0.2, 0.25) is 0 Å². The Labute approximate surface area is 127 Å². The number of benzene rings is 1. The second-order valence-electron chi connectivity index (χ2n) is 5.53. The van der Waals surface area contributed by atoms with Crippen LogP contribution in [-0.4, -0.2) is 25.2 Å². The first kappa shape index (κ1) is 15.6. The maximum Gasteiger partial charge on any atom is 0.309 e. The number of ether oxygens (including phenoxy) is 1. The van der Waals surface area contributed by atoms with Gasteiger partial charge < -0.3 is 9.64 Å². The van der Waals surface area contributed by atoms with Crippen molar-refractivity contribution in [3.8, 4) is 0 Å². The minimum atomic E-state index is -0.146. The van der Waals surface area contributed by atoms with Gasteiger partial charge in [-0.25, -0.2) is 0 Å². The van der Waals surface area contributed by atoms with E-state index in [9.17, 15) is 4.79 Å². The van der Waals surface area contributed by atoms with Gasteiger partial charge in [0, 0.05) is 18.3 Å². The summed E-state index contributed by atoms with van der Waals surface area (Å²) < 4.78 is 4.94. The van der Waals surface area contributed by atoms with Gasteiger partial charge in [0.1, 0.15) is 0 Å². The number of hydrogen-bond acceptors (Lipinski definition) is 3. The Hall–Kier alpha value is -1.77. The van der Waals surface area contributed by atoms with Crippen LogP contribution in [0.5, 0.6) is 0 Å². The molecular formula is C18H25NO2. The average Bonchev–Trinajstić information content (AvgIpc) is 2.98. The molecule has 1 fully saturated rings. The van der Waals surface area contributed by atoms with E-state index in [1.165, 1.54) is 18.5 Å². The van der Waals surface area contributed by atoms with Gasteiger partial charge in [-0.15, -0.1) is 0 Å². The van der Waals surface area contributed by atoms with Crippen molar-refractivity contribution in [3.63, 3.8) is 0 Å². The summed E-state index contributed by atoms with van der Waals surface area (Å²) in [6, 6.07) is 11.1. The van der Waals surface area contributed by atoms with Crippen molar-refractivity contribution in [2.45, 2.75) is 39.2 Å². The predicted molar refractivity (Wildman–Crippen MR) is 86.4 cm³/mol. The third-order valence-corrected chi connectivity index (χ3v) is 4.02. The number of carbonyl (C=O) groups is 1. The van der Waals surface area contributed by atoms with Crippen LogP contribution in [0.3, 0.4) is 0 Å². The highest BCUT2D eigenvalue weighted by atomic mass is 16.5. The van der Waals surface area contributed by atoms with E-state index < -0.39 is 0 Å². The molecule has 21 heavy (non-hydrogen) atoms. The largest absolute Gasteiger partial charge is 0.466 e. The van der Waals surface area contributed by atoms with Gasteiger partial charge >= 0.3 is 5.97 Å². The van der Waals surface area contributed by atoms with Crippen LogP contribution in [-0.2, 0) is 9.53 Å². The minimum Gasteiger partial charge on any atom is -0.466 e. The fraction of sp³-hybridized carbons (Fsp3) is 0.500. The zero-order chi connectivity index (χ0) is 15.1. The van der Waals surface area contributed by atoms with Crippen LogP contribution in [0.4, 0.5) is 5.69 Å². The van der Waals surface area contributed by atoms with Crippen LogP contribution >= 0.6 is 0 Å². The molecule has 2 atom stereocenters. The first-order valence-electron chi connectivity index (χ1n) is 7.86.